The minimum Gasteiger partial charge on any atom is -0.492 e. The van der Waals surface area contributed by atoms with Gasteiger partial charge in [-0.2, -0.15) is 5.21 Å². The van der Waals surface area contributed by atoms with Crippen LogP contribution in [0.3, 0.4) is 0 Å². The number of aromatic amines is 1. The van der Waals surface area contributed by atoms with Crippen molar-refractivity contribution in [2.24, 2.45) is 0 Å². The number of tetrazole rings is 1. The minimum atomic E-state index is 0.733. The van der Waals surface area contributed by atoms with Gasteiger partial charge in [0.1, 0.15) is 12.4 Å². The number of rotatable bonds is 4. The van der Waals surface area contributed by atoms with E-state index >= 15 is 0 Å². The number of H-pyrrole nitrogens is 1. The third-order valence-electron chi connectivity index (χ3n) is 3.35. The molecule has 106 valence electrons. The van der Waals surface area contributed by atoms with Gasteiger partial charge in [0.25, 0.3) is 0 Å². The van der Waals surface area contributed by atoms with Crippen molar-refractivity contribution in [3.63, 3.8) is 0 Å². The normalized spacial score (nSPS) is 15.4. The second kappa shape index (κ2) is 6.32. The zero-order valence-electron chi connectivity index (χ0n) is 11.0. The van der Waals surface area contributed by atoms with Crippen LogP contribution in [0, 0.1) is 0 Å². The fourth-order valence-electron chi connectivity index (χ4n) is 2.36. The second-order valence-corrected chi connectivity index (χ2v) is 5.72. The number of ether oxygens (including phenoxy) is 1. The smallest absolute Gasteiger partial charge is 0.174 e. The lowest BCUT2D eigenvalue weighted by Gasteiger charge is -2.18. The minimum absolute atomic E-state index is 0.733. The first kappa shape index (κ1) is 13.5. The van der Waals surface area contributed by atoms with E-state index in [0.29, 0.717) is 0 Å². The molecule has 0 saturated carbocycles. The molecule has 20 heavy (non-hydrogen) atoms. The van der Waals surface area contributed by atoms with Gasteiger partial charge in [-0.05, 0) is 31.2 Å². The Kier molecular flexibility index (Phi) is 4.27. The fourth-order valence-corrected chi connectivity index (χ4v) is 2.77. The van der Waals surface area contributed by atoms with Crippen LogP contribution in [0.5, 0.6) is 5.75 Å². The molecule has 1 aliphatic rings. The molecule has 3 rings (SSSR count). The molecule has 0 bridgehead atoms. The highest BCUT2D eigenvalue weighted by molar-refractivity contribution is 9.10. The molecule has 0 aliphatic carbocycles. The maximum absolute atomic E-state index is 5.78. The van der Waals surface area contributed by atoms with E-state index in [1.807, 2.05) is 12.1 Å². The topological polar surface area (TPSA) is 66.9 Å². The molecule has 1 N–H and O–H groups in total. The number of aromatic nitrogens is 4. The average molecular weight is 338 g/mol. The van der Waals surface area contributed by atoms with Crippen LogP contribution < -0.4 is 4.74 Å². The lowest BCUT2D eigenvalue weighted by molar-refractivity contribution is 0.224. The number of hydrogen-bond acceptors (Lipinski definition) is 5. The molecule has 0 spiro atoms. The summed E-state index contributed by atoms with van der Waals surface area (Å²) in [6.45, 7) is 3.60. The number of aryl methyl sites for hydroxylation is 1. The van der Waals surface area contributed by atoms with Crippen LogP contribution in [0.4, 0.5) is 0 Å². The van der Waals surface area contributed by atoms with E-state index in [-0.39, 0.29) is 0 Å². The highest BCUT2D eigenvalue weighted by atomic mass is 79.9. The second-order valence-electron chi connectivity index (χ2n) is 4.81. The number of nitrogens with zero attached hydrogens (tertiary/aromatic N) is 4. The zero-order chi connectivity index (χ0) is 13.8. The average Bonchev–Trinajstić information content (AvgIpc) is 2.86. The van der Waals surface area contributed by atoms with Crippen molar-refractivity contribution >= 4 is 15.9 Å². The van der Waals surface area contributed by atoms with Gasteiger partial charge in [-0.25, -0.2) is 0 Å². The first-order valence-corrected chi connectivity index (χ1v) is 7.46. The van der Waals surface area contributed by atoms with Crippen LogP contribution >= 0.6 is 15.9 Å². The molecule has 7 heteroatoms. The molecule has 0 saturated heterocycles. The summed E-state index contributed by atoms with van der Waals surface area (Å²) in [4.78, 5) is 2.40. The molecule has 0 amide bonds. The molecule has 1 aliphatic heterocycles. The van der Waals surface area contributed by atoms with Gasteiger partial charge in [0.05, 0.1) is 0 Å². The number of hydrogen-bond donors (Lipinski definition) is 1. The number of benzene rings is 1. The molecule has 2 aromatic rings. The van der Waals surface area contributed by atoms with Gasteiger partial charge in [0, 0.05) is 29.5 Å². The van der Waals surface area contributed by atoms with Crippen molar-refractivity contribution in [1.82, 2.24) is 25.5 Å². The highest BCUT2D eigenvalue weighted by Crippen LogP contribution is 2.26. The molecule has 0 radical (unpaired) electrons. The Morgan fingerprint density at radius 3 is 3.20 bits per heavy atom. The first-order chi connectivity index (χ1) is 9.81. The third-order valence-corrected chi connectivity index (χ3v) is 3.84. The Bertz CT molecular complexity index is 560. The SMILES string of the molecule is Brc1ccc2c(c1)CN(CCCc1nn[nH]n1)CCO2. The van der Waals surface area contributed by atoms with Gasteiger partial charge >= 0.3 is 0 Å². The van der Waals surface area contributed by atoms with E-state index in [0.717, 1.165) is 55.1 Å². The standard InChI is InChI=1S/C13H16BrN5O/c14-11-3-4-12-10(8-11)9-19(6-7-20-12)5-1-2-13-15-17-18-16-13/h3-4,8H,1-2,5-7,9H2,(H,15,16,17,18). The summed E-state index contributed by atoms with van der Waals surface area (Å²) in [6.07, 6.45) is 1.86. The van der Waals surface area contributed by atoms with Gasteiger partial charge in [-0.15, -0.1) is 10.2 Å². The van der Waals surface area contributed by atoms with Gasteiger partial charge in [0.15, 0.2) is 5.82 Å². The Labute approximate surface area is 125 Å². The Morgan fingerprint density at radius 1 is 1.40 bits per heavy atom. The van der Waals surface area contributed by atoms with Crippen molar-refractivity contribution in [3.05, 3.63) is 34.1 Å². The molecule has 0 atom stereocenters. The van der Waals surface area contributed by atoms with Gasteiger partial charge in [-0.1, -0.05) is 21.1 Å². The lowest BCUT2D eigenvalue weighted by atomic mass is 10.2. The summed E-state index contributed by atoms with van der Waals surface area (Å²) in [5.41, 5.74) is 1.23. The lowest BCUT2D eigenvalue weighted by Crippen LogP contribution is -2.27. The van der Waals surface area contributed by atoms with E-state index in [2.05, 4.69) is 47.5 Å². The van der Waals surface area contributed by atoms with Crippen LogP contribution in [0.2, 0.25) is 0 Å². The Balaban J connectivity index is 1.58. The monoisotopic (exact) mass is 337 g/mol. The van der Waals surface area contributed by atoms with Crippen LogP contribution in [0.25, 0.3) is 0 Å². The van der Waals surface area contributed by atoms with Gasteiger partial charge in [0.2, 0.25) is 0 Å². The predicted molar refractivity (Wildman–Crippen MR) is 77.4 cm³/mol. The molecule has 1 aromatic heterocycles. The largest absolute Gasteiger partial charge is 0.492 e. The van der Waals surface area contributed by atoms with E-state index in [4.69, 9.17) is 4.74 Å². The predicted octanol–water partition coefficient (Wildman–Crippen LogP) is 1.79. The summed E-state index contributed by atoms with van der Waals surface area (Å²) in [5.74, 6) is 1.77. The summed E-state index contributed by atoms with van der Waals surface area (Å²) in [7, 11) is 0. The van der Waals surface area contributed by atoms with Gasteiger partial charge in [-0.3, -0.25) is 4.90 Å². The maximum atomic E-state index is 5.78. The van der Waals surface area contributed by atoms with Crippen molar-refractivity contribution in [3.8, 4) is 5.75 Å². The van der Waals surface area contributed by atoms with E-state index < -0.39 is 0 Å². The van der Waals surface area contributed by atoms with Crippen LogP contribution in [0.1, 0.15) is 17.8 Å². The van der Waals surface area contributed by atoms with Crippen LogP contribution in [0.15, 0.2) is 22.7 Å². The van der Waals surface area contributed by atoms with E-state index in [1.165, 1.54) is 5.56 Å². The van der Waals surface area contributed by atoms with Crippen molar-refractivity contribution < 1.29 is 4.74 Å². The first-order valence-electron chi connectivity index (χ1n) is 6.67. The van der Waals surface area contributed by atoms with Crippen LogP contribution in [-0.4, -0.2) is 45.2 Å². The molecule has 6 nitrogen and oxygen atoms in total. The molecule has 0 unspecified atom stereocenters. The third kappa shape index (κ3) is 3.34. The summed E-state index contributed by atoms with van der Waals surface area (Å²) in [6, 6.07) is 6.18. The fraction of sp³-hybridized carbons (Fsp3) is 0.462. The number of fused-ring (bicyclic) bond motifs is 1. The molecular formula is C13H16BrN5O. The van der Waals surface area contributed by atoms with Gasteiger partial charge < -0.3 is 4.74 Å². The van der Waals surface area contributed by atoms with Crippen molar-refractivity contribution in [2.75, 3.05) is 19.7 Å². The Morgan fingerprint density at radius 2 is 2.35 bits per heavy atom. The quantitative estimate of drug-likeness (QED) is 0.921. The number of nitrogens with one attached hydrogen (secondary N) is 1. The molecular weight excluding hydrogens is 322 g/mol. The summed E-state index contributed by atoms with van der Waals surface area (Å²) >= 11 is 3.51. The maximum Gasteiger partial charge on any atom is 0.174 e. The molecule has 1 aromatic carbocycles. The summed E-state index contributed by atoms with van der Waals surface area (Å²) < 4.78 is 6.87. The van der Waals surface area contributed by atoms with Crippen LogP contribution in [-0.2, 0) is 13.0 Å². The van der Waals surface area contributed by atoms with Crippen molar-refractivity contribution in [1.29, 1.82) is 0 Å². The zero-order valence-corrected chi connectivity index (χ0v) is 12.6. The summed E-state index contributed by atoms with van der Waals surface area (Å²) in [5, 5.41) is 14.0. The van der Waals surface area contributed by atoms with E-state index in [9.17, 15) is 0 Å². The molecule has 0 fully saturated rings. The number of halogens is 1. The van der Waals surface area contributed by atoms with Crippen molar-refractivity contribution in [2.45, 2.75) is 19.4 Å². The molecule has 2 heterocycles. The Hall–Kier alpha value is -1.47. The van der Waals surface area contributed by atoms with E-state index in [1.54, 1.807) is 0 Å². The highest BCUT2D eigenvalue weighted by Gasteiger charge is 2.15.